The van der Waals surface area contributed by atoms with Gasteiger partial charge in [0.25, 0.3) is 11.8 Å². The third-order valence-electron chi connectivity index (χ3n) is 5.90. The Bertz CT molecular complexity index is 1360. The molecule has 5 rings (SSSR count). The van der Waals surface area contributed by atoms with Gasteiger partial charge in [-0.2, -0.15) is 0 Å². The number of amides is 2. The molecule has 8 heteroatoms. The number of anilines is 1. The molecule has 0 radical (unpaired) electrons. The zero-order valence-electron chi connectivity index (χ0n) is 18.8. The van der Waals surface area contributed by atoms with Gasteiger partial charge in [0.2, 0.25) is 0 Å². The van der Waals surface area contributed by atoms with Crippen LogP contribution in [-0.4, -0.2) is 37.6 Å². The molecule has 5 heterocycles. The lowest BCUT2D eigenvalue weighted by molar-refractivity contribution is 0.0730. The number of carbonyl (C=O) groups excluding carboxylic acids is 2. The molecule has 0 saturated carbocycles. The summed E-state index contributed by atoms with van der Waals surface area (Å²) in [7, 11) is 0. The van der Waals surface area contributed by atoms with E-state index in [0.29, 0.717) is 30.8 Å². The lowest BCUT2D eigenvalue weighted by Crippen LogP contribution is -2.36. The van der Waals surface area contributed by atoms with E-state index in [1.807, 2.05) is 51.2 Å². The molecule has 0 aliphatic carbocycles. The first kappa shape index (κ1) is 21.3. The maximum absolute atomic E-state index is 13.2. The molecule has 7 nitrogen and oxygen atoms in total. The van der Waals surface area contributed by atoms with E-state index in [-0.39, 0.29) is 17.2 Å². The van der Waals surface area contributed by atoms with Crippen LogP contribution in [-0.2, 0) is 18.4 Å². The zero-order valence-corrected chi connectivity index (χ0v) is 19.6. The van der Waals surface area contributed by atoms with Crippen molar-refractivity contribution in [1.82, 2.24) is 19.3 Å². The smallest absolute Gasteiger partial charge is 0.272 e. The molecule has 0 atom stereocenters. The van der Waals surface area contributed by atoms with Gasteiger partial charge in [-0.1, -0.05) is 26.8 Å². The summed E-state index contributed by atoms with van der Waals surface area (Å²) in [5.74, 6) is -0.176. The van der Waals surface area contributed by atoms with E-state index < -0.39 is 0 Å². The second-order valence-electron chi connectivity index (χ2n) is 9.23. The first-order chi connectivity index (χ1) is 15.8. The van der Waals surface area contributed by atoms with Gasteiger partial charge in [-0.05, 0) is 36.2 Å². The molecule has 2 amide bonds. The topological polar surface area (TPSA) is 79.6 Å². The molecule has 33 heavy (non-hydrogen) atoms. The lowest BCUT2D eigenvalue weighted by Gasteiger charge is -2.27. The summed E-state index contributed by atoms with van der Waals surface area (Å²) >= 11 is 1.53. The highest BCUT2D eigenvalue weighted by Crippen LogP contribution is 2.30. The number of thiophene rings is 1. The first-order valence-corrected chi connectivity index (χ1v) is 11.8. The Morgan fingerprint density at radius 3 is 2.82 bits per heavy atom. The maximum atomic E-state index is 13.2. The van der Waals surface area contributed by atoms with Gasteiger partial charge in [0.15, 0.2) is 0 Å². The quantitative estimate of drug-likeness (QED) is 0.488. The summed E-state index contributed by atoms with van der Waals surface area (Å²) in [4.78, 5) is 37.8. The van der Waals surface area contributed by atoms with Crippen molar-refractivity contribution in [2.45, 2.75) is 39.2 Å². The van der Waals surface area contributed by atoms with Crippen molar-refractivity contribution in [3.8, 4) is 0 Å². The number of aromatic nitrogens is 3. The molecule has 1 N–H and O–H groups in total. The Balaban J connectivity index is 1.33. The van der Waals surface area contributed by atoms with Crippen molar-refractivity contribution in [3.63, 3.8) is 0 Å². The van der Waals surface area contributed by atoms with Gasteiger partial charge in [-0.15, -0.1) is 11.3 Å². The second-order valence-corrected chi connectivity index (χ2v) is 10.2. The third-order valence-corrected chi connectivity index (χ3v) is 6.91. The molecule has 4 aromatic heterocycles. The van der Waals surface area contributed by atoms with Crippen molar-refractivity contribution in [1.29, 1.82) is 0 Å². The van der Waals surface area contributed by atoms with E-state index in [1.54, 1.807) is 12.4 Å². The zero-order chi connectivity index (χ0) is 23.2. The molecular formula is C25H25N5O2S. The number of nitrogens with zero attached hydrogens (tertiary/aromatic N) is 4. The summed E-state index contributed by atoms with van der Waals surface area (Å²) < 4.78 is 1.81. The number of carbonyl (C=O) groups is 2. The van der Waals surface area contributed by atoms with Crippen LogP contribution in [0.15, 0.2) is 54.3 Å². The predicted molar refractivity (Wildman–Crippen MR) is 129 cm³/mol. The number of nitrogens with one attached hydrogen (secondary N) is 1. The number of hydrogen-bond acceptors (Lipinski definition) is 5. The van der Waals surface area contributed by atoms with Gasteiger partial charge in [-0.25, -0.2) is 4.98 Å². The maximum Gasteiger partial charge on any atom is 0.272 e. The normalized spacial score (nSPS) is 13.7. The summed E-state index contributed by atoms with van der Waals surface area (Å²) in [5.41, 5.74) is 4.58. The fraction of sp³-hybridized carbons (Fsp3) is 0.280. The minimum absolute atomic E-state index is 0.0507. The van der Waals surface area contributed by atoms with E-state index in [1.165, 1.54) is 11.3 Å². The first-order valence-electron chi connectivity index (χ1n) is 10.9. The molecule has 0 bridgehead atoms. The van der Waals surface area contributed by atoms with Crippen LogP contribution in [0.3, 0.4) is 0 Å². The molecule has 1 aliphatic heterocycles. The standard InChI is InChI=1S/C25H25N5O2S/c1-25(2,3)21-12-16(7-9-26-21)28-23(31)18-15-33-20-14-29(11-8-17(18)20)24(32)19-13-27-22-6-4-5-10-30(19)22/h4-7,9-10,12-13,15H,8,11,14H2,1-3H3,(H,26,28,31). The minimum atomic E-state index is -0.125. The Morgan fingerprint density at radius 1 is 1.15 bits per heavy atom. The fourth-order valence-electron chi connectivity index (χ4n) is 4.06. The Kier molecular flexibility index (Phi) is 5.25. The molecule has 0 spiro atoms. The van der Waals surface area contributed by atoms with Crippen molar-refractivity contribution in [2.24, 2.45) is 0 Å². The molecule has 0 unspecified atom stereocenters. The fourth-order valence-corrected chi connectivity index (χ4v) is 5.16. The molecule has 168 valence electrons. The Labute approximate surface area is 196 Å². The van der Waals surface area contributed by atoms with Gasteiger partial charge in [0, 0.05) is 46.0 Å². The van der Waals surface area contributed by atoms with E-state index in [2.05, 4.69) is 36.1 Å². The summed E-state index contributed by atoms with van der Waals surface area (Å²) in [5, 5.41) is 4.92. The largest absolute Gasteiger partial charge is 0.332 e. The number of fused-ring (bicyclic) bond motifs is 2. The SMILES string of the molecule is CC(C)(C)c1cc(NC(=O)c2csc3c2CCN(C(=O)c2cnc4ccccn24)C3)ccn1. The van der Waals surface area contributed by atoms with Gasteiger partial charge in [0.05, 0.1) is 18.3 Å². The van der Waals surface area contributed by atoms with Gasteiger partial charge < -0.3 is 10.2 Å². The van der Waals surface area contributed by atoms with Crippen LogP contribution in [0, 0.1) is 0 Å². The number of imidazole rings is 1. The average molecular weight is 460 g/mol. The highest BCUT2D eigenvalue weighted by atomic mass is 32.1. The van der Waals surface area contributed by atoms with Crippen LogP contribution in [0.4, 0.5) is 5.69 Å². The molecular weight excluding hydrogens is 434 g/mol. The highest BCUT2D eigenvalue weighted by Gasteiger charge is 2.28. The molecule has 1 aliphatic rings. The summed E-state index contributed by atoms with van der Waals surface area (Å²) in [6.07, 6.45) is 5.85. The van der Waals surface area contributed by atoms with Crippen LogP contribution in [0.5, 0.6) is 0 Å². The van der Waals surface area contributed by atoms with Crippen molar-refractivity contribution in [2.75, 3.05) is 11.9 Å². The van der Waals surface area contributed by atoms with E-state index >= 15 is 0 Å². The monoisotopic (exact) mass is 459 g/mol. The van der Waals surface area contributed by atoms with Gasteiger partial charge in [0.1, 0.15) is 11.3 Å². The molecule has 0 fully saturated rings. The van der Waals surface area contributed by atoms with E-state index in [0.717, 1.165) is 27.5 Å². The average Bonchev–Trinajstić information content (AvgIpc) is 3.42. The summed E-state index contributed by atoms with van der Waals surface area (Å²) in [6.45, 7) is 7.34. The van der Waals surface area contributed by atoms with Crippen molar-refractivity contribution < 1.29 is 9.59 Å². The van der Waals surface area contributed by atoms with Crippen LogP contribution < -0.4 is 5.32 Å². The van der Waals surface area contributed by atoms with Crippen LogP contribution in [0.1, 0.15) is 57.8 Å². The molecule has 0 saturated heterocycles. The number of pyridine rings is 2. The van der Waals surface area contributed by atoms with Crippen LogP contribution in [0.2, 0.25) is 0 Å². The van der Waals surface area contributed by atoms with Crippen LogP contribution in [0.25, 0.3) is 5.65 Å². The minimum Gasteiger partial charge on any atom is -0.332 e. The Hall–Kier alpha value is -3.52. The number of hydrogen-bond donors (Lipinski definition) is 1. The molecule has 4 aromatic rings. The van der Waals surface area contributed by atoms with Gasteiger partial charge >= 0.3 is 0 Å². The highest BCUT2D eigenvalue weighted by molar-refractivity contribution is 7.10. The molecule has 0 aromatic carbocycles. The van der Waals surface area contributed by atoms with Gasteiger partial charge in [-0.3, -0.25) is 19.0 Å². The van der Waals surface area contributed by atoms with Crippen LogP contribution >= 0.6 is 11.3 Å². The van der Waals surface area contributed by atoms with E-state index in [4.69, 9.17) is 0 Å². The van der Waals surface area contributed by atoms with Crippen molar-refractivity contribution >= 4 is 34.5 Å². The Morgan fingerprint density at radius 2 is 2.00 bits per heavy atom. The third kappa shape index (κ3) is 4.02. The predicted octanol–water partition coefficient (Wildman–Crippen LogP) is 4.54. The number of rotatable bonds is 3. The second kappa shape index (κ2) is 8.12. The lowest BCUT2D eigenvalue weighted by atomic mass is 9.91. The summed E-state index contributed by atoms with van der Waals surface area (Å²) in [6, 6.07) is 9.40. The van der Waals surface area contributed by atoms with E-state index in [9.17, 15) is 9.59 Å². The van der Waals surface area contributed by atoms with Crippen molar-refractivity contribution in [3.05, 3.63) is 81.7 Å².